The molecule has 1 saturated heterocycles. The lowest BCUT2D eigenvalue weighted by atomic mass is 9.90. The number of aliphatic hydroxyl groups is 1. The highest BCUT2D eigenvalue weighted by atomic mass is 16.6. The van der Waals surface area contributed by atoms with E-state index in [1.807, 2.05) is 26.0 Å². The fourth-order valence-corrected chi connectivity index (χ4v) is 3.44. The number of esters is 1. The Balaban J connectivity index is 2.18. The molecule has 26 heavy (non-hydrogen) atoms. The van der Waals surface area contributed by atoms with Crippen LogP contribution in [0.3, 0.4) is 0 Å². The third-order valence-corrected chi connectivity index (χ3v) is 5.55. The van der Waals surface area contributed by atoms with Crippen LogP contribution in [-0.4, -0.2) is 35.0 Å². The lowest BCUT2D eigenvalue weighted by molar-refractivity contribution is -0.139. The minimum atomic E-state index is -0.866. The van der Waals surface area contributed by atoms with Crippen molar-refractivity contribution in [3.05, 3.63) is 34.9 Å². The number of allylic oxidation sites excluding steroid dienone is 4. The minimum Gasteiger partial charge on any atom is -0.461 e. The Morgan fingerprint density at radius 3 is 2.73 bits per heavy atom. The summed E-state index contributed by atoms with van der Waals surface area (Å²) >= 11 is 0. The molecular weight excluding hydrogens is 328 g/mol. The van der Waals surface area contributed by atoms with E-state index >= 15 is 0 Å². The Kier molecular flexibility index (Phi) is 6.86. The summed E-state index contributed by atoms with van der Waals surface area (Å²) in [5.41, 5.74) is 2.64. The van der Waals surface area contributed by atoms with E-state index in [2.05, 4.69) is 19.9 Å². The number of fused-ring (bicyclic) bond motifs is 1. The maximum atomic E-state index is 11.1. The molecule has 0 spiro atoms. The molecule has 4 nitrogen and oxygen atoms in total. The monoisotopic (exact) mass is 362 g/mol. The summed E-state index contributed by atoms with van der Waals surface area (Å²) in [4.78, 5) is 11.1. The Hall–Kier alpha value is -1.39. The van der Waals surface area contributed by atoms with Crippen LogP contribution >= 0.6 is 0 Å². The van der Waals surface area contributed by atoms with Gasteiger partial charge in [0.15, 0.2) is 0 Å². The SMILES string of the molecule is CC(=O)OC/C(C)=C1\C=C\C(C)(O)CCC2OC2(C)CC/C=C(\C)CC1. The van der Waals surface area contributed by atoms with Gasteiger partial charge in [-0.3, -0.25) is 4.79 Å². The smallest absolute Gasteiger partial charge is 0.302 e. The molecule has 3 unspecified atom stereocenters. The van der Waals surface area contributed by atoms with Crippen LogP contribution in [0.25, 0.3) is 0 Å². The van der Waals surface area contributed by atoms with Gasteiger partial charge < -0.3 is 14.6 Å². The van der Waals surface area contributed by atoms with Crippen LogP contribution in [0.15, 0.2) is 34.9 Å². The number of hydrogen-bond acceptors (Lipinski definition) is 4. The maximum absolute atomic E-state index is 11.1. The van der Waals surface area contributed by atoms with E-state index in [0.29, 0.717) is 13.0 Å². The summed E-state index contributed by atoms with van der Waals surface area (Å²) in [6, 6.07) is 0. The van der Waals surface area contributed by atoms with Crippen molar-refractivity contribution in [3.63, 3.8) is 0 Å². The summed E-state index contributed by atoms with van der Waals surface area (Å²) in [5, 5.41) is 10.7. The van der Waals surface area contributed by atoms with Gasteiger partial charge in [0.1, 0.15) is 6.61 Å². The standard InChI is InChI=1S/C22H34O4/c1-16-7-6-12-22(5)20(26-22)11-14-21(4,24)13-10-19(9-8-16)17(2)15-25-18(3)23/h7,10,13,20,24H,6,8-9,11-12,14-15H2,1-5H3/b13-10+,16-7+,19-17-. The topological polar surface area (TPSA) is 59.1 Å². The van der Waals surface area contributed by atoms with Gasteiger partial charge in [-0.05, 0) is 77.4 Å². The number of carbonyl (C=O) groups excluding carboxylic acids is 1. The maximum Gasteiger partial charge on any atom is 0.302 e. The third-order valence-electron chi connectivity index (χ3n) is 5.55. The molecule has 3 atom stereocenters. The van der Waals surface area contributed by atoms with Gasteiger partial charge in [-0.25, -0.2) is 0 Å². The van der Waals surface area contributed by atoms with Crippen molar-refractivity contribution < 1.29 is 19.4 Å². The fourth-order valence-electron chi connectivity index (χ4n) is 3.44. The van der Waals surface area contributed by atoms with Gasteiger partial charge >= 0.3 is 5.97 Å². The lowest BCUT2D eigenvalue weighted by Crippen LogP contribution is -2.22. The summed E-state index contributed by atoms with van der Waals surface area (Å²) in [5.74, 6) is -0.273. The molecule has 0 saturated carbocycles. The van der Waals surface area contributed by atoms with Gasteiger partial charge in [-0.15, -0.1) is 0 Å². The Morgan fingerprint density at radius 1 is 1.31 bits per heavy atom. The van der Waals surface area contributed by atoms with Gasteiger partial charge in [0.25, 0.3) is 0 Å². The van der Waals surface area contributed by atoms with Gasteiger partial charge in [-0.1, -0.05) is 23.8 Å². The van der Waals surface area contributed by atoms with Crippen LogP contribution in [-0.2, 0) is 14.3 Å². The Labute approximate surface area is 158 Å². The molecule has 1 aliphatic carbocycles. The molecule has 0 radical (unpaired) electrons. The highest BCUT2D eigenvalue weighted by Crippen LogP contribution is 2.44. The number of carbonyl (C=O) groups is 1. The van der Waals surface area contributed by atoms with E-state index in [-0.39, 0.29) is 17.7 Å². The van der Waals surface area contributed by atoms with Gasteiger partial charge in [0.2, 0.25) is 0 Å². The van der Waals surface area contributed by atoms with Crippen molar-refractivity contribution in [3.8, 4) is 0 Å². The molecule has 0 aromatic heterocycles. The van der Waals surface area contributed by atoms with Crippen molar-refractivity contribution in [2.75, 3.05) is 6.61 Å². The zero-order chi connectivity index (χ0) is 19.4. The molecule has 146 valence electrons. The Bertz CT molecular complexity index is 612. The second-order valence-electron chi connectivity index (χ2n) is 8.32. The van der Waals surface area contributed by atoms with Crippen LogP contribution in [0.4, 0.5) is 0 Å². The van der Waals surface area contributed by atoms with E-state index in [1.165, 1.54) is 12.5 Å². The summed E-state index contributed by atoms with van der Waals surface area (Å²) in [6.07, 6.45) is 11.9. The first-order valence-corrected chi connectivity index (χ1v) is 9.68. The predicted molar refractivity (Wildman–Crippen MR) is 104 cm³/mol. The largest absolute Gasteiger partial charge is 0.461 e. The number of rotatable bonds is 2. The zero-order valence-electron chi connectivity index (χ0n) is 16.9. The second kappa shape index (κ2) is 8.53. The molecule has 1 N–H and O–H groups in total. The zero-order valence-corrected chi connectivity index (χ0v) is 16.9. The van der Waals surface area contributed by atoms with E-state index < -0.39 is 5.60 Å². The van der Waals surface area contributed by atoms with Gasteiger partial charge in [-0.2, -0.15) is 0 Å². The minimum absolute atomic E-state index is 0.0215. The summed E-state index contributed by atoms with van der Waals surface area (Å²) in [7, 11) is 0. The van der Waals surface area contributed by atoms with E-state index in [9.17, 15) is 9.90 Å². The van der Waals surface area contributed by atoms with Crippen LogP contribution in [0, 0.1) is 0 Å². The molecule has 1 heterocycles. The quantitative estimate of drug-likeness (QED) is 0.442. The first-order chi connectivity index (χ1) is 12.1. The van der Waals surface area contributed by atoms with E-state index in [0.717, 1.165) is 43.3 Å². The van der Waals surface area contributed by atoms with Crippen molar-refractivity contribution in [1.82, 2.24) is 0 Å². The van der Waals surface area contributed by atoms with Crippen molar-refractivity contribution in [1.29, 1.82) is 0 Å². The molecular formula is C22H34O4. The van der Waals surface area contributed by atoms with E-state index in [1.54, 1.807) is 0 Å². The van der Waals surface area contributed by atoms with Crippen LogP contribution in [0.5, 0.6) is 0 Å². The van der Waals surface area contributed by atoms with Crippen LogP contribution in [0.2, 0.25) is 0 Å². The average Bonchev–Trinajstić information content (AvgIpc) is 3.20. The molecule has 4 heteroatoms. The average molecular weight is 363 g/mol. The lowest BCUT2D eigenvalue weighted by Gasteiger charge is -2.20. The molecule has 0 aromatic rings. The van der Waals surface area contributed by atoms with Crippen LogP contribution in [0.1, 0.15) is 73.1 Å². The number of ether oxygens (including phenoxy) is 2. The summed E-state index contributed by atoms with van der Waals surface area (Å²) in [6.45, 7) is 9.90. The van der Waals surface area contributed by atoms with Crippen molar-refractivity contribution >= 4 is 5.97 Å². The molecule has 0 bridgehead atoms. The molecule has 0 amide bonds. The predicted octanol–water partition coefficient (Wildman–Crippen LogP) is 4.63. The van der Waals surface area contributed by atoms with E-state index in [4.69, 9.17) is 9.47 Å². The molecule has 1 aliphatic heterocycles. The molecule has 0 aromatic carbocycles. The highest BCUT2D eigenvalue weighted by molar-refractivity contribution is 5.66. The molecule has 2 rings (SSSR count). The summed E-state index contributed by atoms with van der Waals surface area (Å²) < 4.78 is 11.1. The van der Waals surface area contributed by atoms with Crippen molar-refractivity contribution in [2.24, 2.45) is 0 Å². The number of hydrogen-bond donors (Lipinski definition) is 1. The van der Waals surface area contributed by atoms with Gasteiger partial charge in [0, 0.05) is 6.92 Å². The number of epoxide rings is 1. The first-order valence-electron chi connectivity index (χ1n) is 9.68. The fraction of sp³-hybridized carbons (Fsp3) is 0.682. The third kappa shape index (κ3) is 6.40. The molecule has 1 fully saturated rings. The van der Waals surface area contributed by atoms with Gasteiger partial charge in [0.05, 0.1) is 17.3 Å². The first kappa shape index (κ1) is 20.9. The second-order valence-corrected chi connectivity index (χ2v) is 8.32. The molecule has 2 aliphatic rings. The highest BCUT2D eigenvalue weighted by Gasteiger charge is 2.51. The Morgan fingerprint density at radius 2 is 2.04 bits per heavy atom. The normalized spacial score (nSPS) is 38.2. The van der Waals surface area contributed by atoms with Crippen molar-refractivity contribution in [2.45, 2.75) is 90.4 Å². The van der Waals surface area contributed by atoms with Crippen LogP contribution < -0.4 is 0 Å².